The quantitative estimate of drug-likeness (QED) is 0.546. The van der Waals surface area contributed by atoms with Crippen molar-refractivity contribution in [2.24, 2.45) is 0 Å². The molecule has 0 fully saturated rings. The minimum Gasteiger partial charge on any atom is -0.490 e. The number of aromatic carboxylic acids is 1. The van der Waals surface area contributed by atoms with Crippen LogP contribution in [0.15, 0.2) is 28.7 Å². The Balaban J connectivity index is 1.98. The van der Waals surface area contributed by atoms with Crippen LogP contribution < -0.4 is 9.47 Å². The van der Waals surface area contributed by atoms with Gasteiger partial charge in [-0.15, -0.1) is 0 Å². The second kappa shape index (κ2) is 8.21. The van der Waals surface area contributed by atoms with Gasteiger partial charge in [0.05, 0.1) is 18.6 Å². The van der Waals surface area contributed by atoms with Crippen LogP contribution in [-0.4, -0.2) is 47.6 Å². The Morgan fingerprint density at radius 2 is 2.04 bits per heavy atom. The second-order valence-electron chi connectivity index (χ2n) is 5.62. The molecule has 0 bridgehead atoms. The number of rotatable bonds is 8. The highest BCUT2D eigenvalue weighted by Crippen LogP contribution is 2.30. The number of amides is 1. The maximum absolute atomic E-state index is 12.2. The van der Waals surface area contributed by atoms with Gasteiger partial charge in [0.1, 0.15) is 22.8 Å². The summed E-state index contributed by atoms with van der Waals surface area (Å²) in [6.45, 7) is 1.28. The molecule has 0 saturated heterocycles. The van der Waals surface area contributed by atoms with Crippen LogP contribution in [-0.2, 0) is 11.3 Å². The molecular weight excluding hydrogens is 360 g/mol. The summed E-state index contributed by atoms with van der Waals surface area (Å²) in [7, 11) is 2.81. The Hall–Kier alpha value is -3.56. The predicted molar refractivity (Wildman–Crippen MR) is 92.0 cm³/mol. The summed E-state index contributed by atoms with van der Waals surface area (Å²) in [5.41, 5.74) is -0.171. The number of carbonyl (C=O) groups is 2. The number of benzene rings is 1. The minimum atomic E-state index is -1.10. The molecule has 0 radical (unpaired) electrons. The Kier molecular flexibility index (Phi) is 6.01. The summed E-state index contributed by atoms with van der Waals surface area (Å²) in [5, 5.41) is 19.9. The lowest BCUT2D eigenvalue weighted by molar-refractivity contribution is -0.385. The van der Waals surface area contributed by atoms with Crippen LogP contribution in [0, 0.1) is 17.0 Å². The molecule has 1 heterocycles. The third-order valence-electron chi connectivity index (χ3n) is 3.73. The SMILES string of the molecule is COc1cc(OCC(=O)N(C)Cc2cc(C(=O)O)c(C)o2)ccc1[N+](=O)[O-]. The Morgan fingerprint density at radius 3 is 2.59 bits per heavy atom. The van der Waals surface area contributed by atoms with Crippen molar-refractivity contribution in [3.8, 4) is 11.5 Å². The summed E-state index contributed by atoms with van der Waals surface area (Å²) in [6.07, 6.45) is 0. The third-order valence-corrected chi connectivity index (χ3v) is 3.73. The molecule has 0 saturated carbocycles. The van der Waals surface area contributed by atoms with Crippen molar-refractivity contribution in [2.75, 3.05) is 20.8 Å². The van der Waals surface area contributed by atoms with Crippen molar-refractivity contribution >= 4 is 17.6 Å². The van der Waals surface area contributed by atoms with E-state index in [1.807, 2.05) is 0 Å². The van der Waals surface area contributed by atoms with Gasteiger partial charge in [-0.1, -0.05) is 0 Å². The van der Waals surface area contributed by atoms with Crippen molar-refractivity contribution in [3.05, 3.63) is 51.5 Å². The topological polar surface area (TPSA) is 132 Å². The molecule has 0 atom stereocenters. The fraction of sp³-hybridized carbons (Fsp3) is 0.294. The normalized spacial score (nSPS) is 10.3. The Labute approximate surface area is 154 Å². The van der Waals surface area contributed by atoms with Crippen molar-refractivity contribution in [1.82, 2.24) is 4.90 Å². The molecular formula is C17H18N2O8. The van der Waals surface area contributed by atoms with Crippen molar-refractivity contribution in [2.45, 2.75) is 13.5 Å². The van der Waals surface area contributed by atoms with Crippen LogP contribution in [0.5, 0.6) is 11.5 Å². The minimum absolute atomic E-state index is 0.0190. The summed E-state index contributed by atoms with van der Waals surface area (Å²) < 4.78 is 15.6. The fourth-order valence-electron chi connectivity index (χ4n) is 2.31. The number of likely N-dealkylation sites (N-methyl/N-ethyl adjacent to an activating group) is 1. The number of nitro groups is 1. The number of nitro benzene ring substituents is 1. The molecule has 0 unspecified atom stereocenters. The average molecular weight is 378 g/mol. The highest BCUT2D eigenvalue weighted by molar-refractivity contribution is 5.88. The largest absolute Gasteiger partial charge is 0.490 e. The highest BCUT2D eigenvalue weighted by Gasteiger charge is 2.18. The number of hydrogen-bond acceptors (Lipinski definition) is 7. The van der Waals surface area contributed by atoms with Crippen LogP contribution in [0.3, 0.4) is 0 Å². The van der Waals surface area contributed by atoms with Crippen molar-refractivity contribution in [1.29, 1.82) is 0 Å². The molecule has 1 aromatic heterocycles. The van der Waals surface area contributed by atoms with E-state index in [0.29, 0.717) is 5.76 Å². The number of ether oxygens (including phenoxy) is 2. The van der Waals surface area contributed by atoms with E-state index >= 15 is 0 Å². The predicted octanol–water partition coefficient (Wildman–Crippen LogP) is 2.24. The lowest BCUT2D eigenvalue weighted by Crippen LogP contribution is -2.30. The number of carbonyl (C=O) groups excluding carboxylic acids is 1. The van der Waals surface area contributed by atoms with E-state index < -0.39 is 16.8 Å². The zero-order valence-electron chi connectivity index (χ0n) is 14.9. The van der Waals surface area contributed by atoms with E-state index in [1.54, 1.807) is 0 Å². The lowest BCUT2D eigenvalue weighted by atomic mass is 10.2. The number of hydrogen-bond donors (Lipinski definition) is 1. The highest BCUT2D eigenvalue weighted by atomic mass is 16.6. The number of nitrogens with zero attached hydrogens (tertiary/aromatic N) is 2. The molecule has 1 N–H and O–H groups in total. The first kappa shape index (κ1) is 19.8. The van der Waals surface area contributed by atoms with Crippen LogP contribution in [0.25, 0.3) is 0 Å². The smallest absolute Gasteiger partial charge is 0.339 e. The number of carboxylic acids is 1. The molecule has 2 aromatic rings. The van der Waals surface area contributed by atoms with Crippen molar-refractivity contribution < 1.29 is 33.5 Å². The Morgan fingerprint density at radius 1 is 1.33 bits per heavy atom. The van der Waals surface area contributed by atoms with Gasteiger partial charge in [0.2, 0.25) is 5.75 Å². The lowest BCUT2D eigenvalue weighted by Gasteiger charge is -2.16. The van der Waals surface area contributed by atoms with Gasteiger partial charge >= 0.3 is 11.7 Å². The van der Waals surface area contributed by atoms with Crippen molar-refractivity contribution in [3.63, 3.8) is 0 Å². The summed E-state index contributed by atoms with van der Waals surface area (Å²) in [6, 6.07) is 5.27. The molecule has 1 amide bonds. The molecule has 0 spiro atoms. The standard InChI is InChI=1S/C17H18N2O8/c1-10-13(17(21)22)6-12(27-10)8-18(2)16(20)9-26-11-4-5-14(19(23)24)15(7-11)25-3/h4-7H,8-9H2,1-3H3,(H,21,22). The molecule has 27 heavy (non-hydrogen) atoms. The first-order valence-electron chi connectivity index (χ1n) is 7.74. The molecule has 10 heteroatoms. The number of aryl methyl sites for hydroxylation is 1. The van der Waals surface area contributed by atoms with E-state index in [1.165, 1.54) is 50.2 Å². The maximum atomic E-state index is 12.2. The van der Waals surface area contributed by atoms with Gasteiger partial charge in [-0.3, -0.25) is 14.9 Å². The van der Waals surface area contributed by atoms with E-state index in [9.17, 15) is 19.7 Å². The molecule has 0 aliphatic carbocycles. The average Bonchev–Trinajstić information content (AvgIpc) is 2.99. The molecule has 0 aliphatic rings. The number of carboxylic acid groups (broad SMARTS) is 1. The zero-order chi connectivity index (χ0) is 20.1. The number of methoxy groups -OCH3 is 1. The van der Waals surface area contributed by atoms with Gasteiger partial charge in [0.25, 0.3) is 5.91 Å². The van der Waals surface area contributed by atoms with E-state index in [-0.39, 0.29) is 41.7 Å². The summed E-state index contributed by atoms with van der Waals surface area (Å²) in [4.78, 5) is 34.8. The molecule has 1 aromatic carbocycles. The first-order valence-corrected chi connectivity index (χ1v) is 7.74. The van der Waals surface area contributed by atoms with Crippen LogP contribution in [0.4, 0.5) is 5.69 Å². The van der Waals surface area contributed by atoms with Gasteiger partial charge in [-0.05, 0) is 19.1 Å². The van der Waals surface area contributed by atoms with E-state index in [2.05, 4.69) is 0 Å². The van der Waals surface area contributed by atoms with Gasteiger partial charge in [-0.25, -0.2) is 4.79 Å². The van der Waals surface area contributed by atoms with Crippen LogP contribution >= 0.6 is 0 Å². The van der Waals surface area contributed by atoms with Crippen LogP contribution in [0.2, 0.25) is 0 Å². The maximum Gasteiger partial charge on any atom is 0.339 e. The summed E-state index contributed by atoms with van der Waals surface area (Å²) >= 11 is 0. The fourth-order valence-corrected chi connectivity index (χ4v) is 2.31. The van der Waals surface area contributed by atoms with Crippen LogP contribution in [0.1, 0.15) is 21.9 Å². The second-order valence-corrected chi connectivity index (χ2v) is 5.62. The van der Waals surface area contributed by atoms with Gasteiger partial charge in [-0.2, -0.15) is 0 Å². The molecule has 10 nitrogen and oxygen atoms in total. The van der Waals surface area contributed by atoms with Gasteiger partial charge in [0.15, 0.2) is 6.61 Å². The van der Waals surface area contributed by atoms with E-state index in [4.69, 9.17) is 19.0 Å². The molecule has 144 valence electrons. The zero-order valence-corrected chi connectivity index (χ0v) is 14.9. The first-order chi connectivity index (χ1) is 12.7. The Bertz CT molecular complexity index is 874. The van der Waals surface area contributed by atoms with Gasteiger partial charge < -0.3 is 23.9 Å². The summed E-state index contributed by atoms with van der Waals surface area (Å²) in [5.74, 6) is -0.651. The molecule has 2 rings (SSSR count). The third kappa shape index (κ3) is 4.75. The number of furan rings is 1. The van der Waals surface area contributed by atoms with Gasteiger partial charge in [0, 0.05) is 19.2 Å². The monoisotopic (exact) mass is 378 g/mol. The van der Waals surface area contributed by atoms with E-state index in [0.717, 1.165) is 0 Å². The molecule has 0 aliphatic heterocycles.